The number of ether oxygens (including phenoxy) is 2. The van der Waals surface area contributed by atoms with Gasteiger partial charge in [0, 0.05) is 13.5 Å². The van der Waals surface area contributed by atoms with Crippen molar-refractivity contribution in [2.75, 3.05) is 13.7 Å². The van der Waals surface area contributed by atoms with Crippen molar-refractivity contribution in [2.24, 2.45) is 0 Å². The average Bonchev–Trinajstić information content (AvgIpc) is 3.50. The van der Waals surface area contributed by atoms with E-state index in [0.29, 0.717) is 24.8 Å². The number of benzene rings is 2. The minimum atomic E-state index is -0.00283. The highest BCUT2D eigenvalue weighted by Gasteiger charge is 2.11. The molecule has 0 fully saturated rings. The molecule has 0 radical (unpaired) electrons. The molecule has 0 aliphatic heterocycles. The van der Waals surface area contributed by atoms with Crippen LogP contribution in [0.4, 0.5) is 0 Å². The number of phenols is 1. The van der Waals surface area contributed by atoms with E-state index < -0.39 is 0 Å². The Morgan fingerprint density at radius 2 is 1.26 bits per heavy atom. The van der Waals surface area contributed by atoms with E-state index in [4.69, 9.17) is 9.47 Å². The highest BCUT2D eigenvalue weighted by Crippen LogP contribution is 2.27. The van der Waals surface area contributed by atoms with Crippen molar-refractivity contribution < 1.29 is 19.4 Å². The van der Waals surface area contributed by atoms with Crippen LogP contribution in [0.1, 0.15) is 153 Å². The number of nitrogens with zero attached hydrogens (tertiary/aromatic N) is 3. The first kappa shape index (κ1) is 40.2. The minimum Gasteiger partial charge on any atom is -0.505 e. The summed E-state index contributed by atoms with van der Waals surface area (Å²) in [5.74, 6) is 0.220. The Labute approximate surface area is 285 Å². The van der Waals surface area contributed by atoms with Crippen LogP contribution in [0.15, 0.2) is 36.4 Å². The largest absolute Gasteiger partial charge is 0.505 e. The van der Waals surface area contributed by atoms with E-state index in [1.165, 1.54) is 108 Å². The molecular weight excluding hydrogens is 586 g/mol. The number of rotatable bonds is 24. The molecule has 7 heteroatoms. The zero-order valence-corrected chi connectivity index (χ0v) is 30.4. The number of phenolic OH excluding ortho intramolecular Hbond substituents is 1. The van der Waals surface area contributed by atoms with Crippen molar-refractivity contribution in [3.63, 3.8) is 0 Å². The Balaban J connectivity index is 0.000000359. The molecule has 3 aromatic rings. The summed E-state index contributed by atoms with van der Waals surface area (Å²) in [5, 5.41) is 18.8. The van der Waals surface area contributed by atoms with Gasteiger partial charge in [0.1, 0.15) is 22.5 Å². The second-order valence-electron chi connectivity index (χ2n) is 13.1. The average molecular weight is 652 g/mol. The SMILES string of the molecule is CCCCCCCCOC(=O)CCCCCCCC(CCCCCCCC)OC.Cc1cc(C)c(O)c(-n2nc3ccccc3n2)c1. The number of hydrogen-bond acceptors (Lipinski definition) is 6. The number of aromatic nitrogens is 3. The van der Waals surface area contributed by atoms with Gasteiger partial charge in [-0.1, -0.05) is 128 Å². The molecule has 1 heterocycles. The van der Waals surface area contributed by atoms with E-state index in [1.807, 2.05) is 57.4 Å². The third-order valence-electron chi connectivity index (χ3n) is 8.81. The molecule has 1 unspecified atom stereocenters. The van der Waals surface area contributed by atoms with Gasteiger partial charge in [0.05, 0.1) is 12.7 Å². The zero-order valence-electron chi connectivity index (χ0n) is 30.4. The molecule has 264 valence electrons. The van der Waals surface area contributed by atoms with Gasteiger partial charge in [0.15, 0.2) is 0 Å². The van der Waals surface area contributed by atoms with Crippen LogP contribution in [0.2, 0.25) is 0 Å². The molecule has 0 saturated heterocycles. The summed E-state index contributed by atoms with van der Waals surface area (Å²) >= 11 is 0. The number of fused-ring (bicyclic) bond motifs is 1. The summed E-state index contributed by atoms with van der Waals surface area (Å²) in [6.45, 7) is 8.97. The molecular formula is C40H65N3O4. The lowest BCUT2D eigenvalue weighted by atomic mass is 10.0. The third-order valence-corrected chi connectivity index (χ3v) is 8.81. The third kappa shape index (κ3) is 17.2. The van der Waals surface area contributed by atoms with Crippen molar-refractivity contribution >= 4 is 17.0 Å². The lowest BCUT2D eigenvalue weighted by Gasteiger charge is -2.15. The number of carbonyl (C=O) groups excluding carboxylic acids is 1. The molecule has 7 nitrogen and oxygen atoms in total. The van der Waals surface area contributed by atoms with Crippen LogP contribution in [0.5, 0.6) is 5.75 Å². The van der Waals surface area contributed by atoms with Crippen LogP contribution < -0.4 is 0 Å². The van der Waals surface area contributed by atoms with Crippen LogP contribution >= 0.6 is 0 Å². The molecule has 1 aromatic heterocycles. The monoisotopic (exact) mass is 651 g/mol. The molecule has 1 atom stereocenters. The number of hydrogen-bond donors (Lipinski definition) is 1. The molecule has 0 amide bonds. The molecule has 0 saturated carbocycles. The molecule has 2 aromatic carbocycles. The van der Waals surface area contributed by atoms with Crippen LogP contribution in [-0.4, -0.2) is 45.9 Å². The predicted octanol–water partition coefficient (Wildman–Crippen LogP) is 11.1. The van der Waals surface area contributed by atoms with E-state index in [-0.39, 0.29) is 11.7 Å². The van der Waals surface area contributed by atoms with Crippen LogP contribution in [-0.2, 0) is 14.3 Å². The van der Waals surface area contributed by atoms with Gasteiger partial charge in [0.2, 0.25) is 0 Å². The topological polar surface area (TPSA) is 86.5 Å². The number of aromatic hydroxyl groups is 1. The second-order valence-corrected chi connectivity index (χ2v) is 13.1. The van der Waals surface area contributed by atoms with Crippen molar-refractivity contribution in [2.45, 2.75) is 162 Å². The molecule has 0 aliphatic carbocycles. The fourth-order valence-electron chi connectivity index (χ4n) is 5.90. The fraction of sp³-hybridized carbons (Fsp3) is 0.675. The normalized spacial score (nSPS) is 11.8. The first-order valence-corrected chi connectivity index (χ1v) is 18.7. The first-order valence-electron chi connectivity index (χ1n) is 18.7. The summed E-state index contributed by atoms with van der Waals surface area (Å²) in [6, 6.07) is 11.5. The van der Waals surface area contributed by atoms with Crippen molar-refractivity contribution in [3.8, 4) is 11.4 Å². The summed E-state index contributed by atoms with van der Waals surface area (Å²) in [6.07, 6.45) is 24.8. The van der Waals surface area contributed by atoms with E-state index in [0.717, 1.165) is 41.4 Å². The Morgan fingerprint density at radius 1 is 0.745 bits per heavy atom. The molecule has 1 N–H and O–H groups in total. The van der Waals surface area contributed by atoms with Gasteiger partial charge in [-0.3, -0.25) is 4.79 Å². The smallest absolute Gasteiger partial charge is 0.305 e. The summed E-state index contributed by atoms with van der Waals surface area (Å²) in [7, 11) is 1.86. The Morgan fingerprint density at radius 3 is 1.81 bits per heavy atom. The fourth-order valence-corrected chi connectivity index (χ4v) is 5.90. The van der Waals surface area contributed by atoms with E-state index in [1.54, 1.807) is 0 Å². The Bertz CT molecular complexity index is 1210. The van der Waals surface area contributed by atoms with Gasteiger partial charge in [-0.05, 0) is 68.9 Å². The molecule has 0 aliphatic rings. The standard InChI is InChI=1S/C26H52O3.C14H13N3O/c1-4-6-8-10-13-17-21-25(28-3)22-18-14-12-15-19-23-26(27)29-24-20-16-11-9-7-5-2;1-9-7-10(2)14(18)13(8-9)17-15-11-5-3-4-6-12(11)16-17/h25H,4-24H2,1-3H3;3-8,18H,1-2H3. The Kier molecular flexibility index (Phi) is 21.5. The predicted molar refractivity (Wildman–Crippen MR) is 195 cm³/mol. The first-order chi connectivity index (χ1) is 22.9. The van der Waals surface area contributed by atoms with Gasteiger partial charge in [-0.15, -0.1) is 15.0 Å². The van der Waals surface area contributed by atoms with E-state index in [9.17, 15) is 9.90 Å². The van der Waals surface area contributed by atoms with Gasteiger partial charge in [-0.25, -0.2) is 0 Å². The number of unbranched alkanes of at least 4 members (excludes halogenated alkanes) is 14. The lowest BCUT2D eigenvalue weighted by Crippen LogP contribution is -2.10. The van der Waals surface area contributed by atoms with E-state index in [2.05, 4.69) is 24.0 Å². The van der Waals surface area contributed by atoms with Crippen LogP contribution in [0.25, 0.3) is 16.7 Å². The zero-order chi connectivity index (χ0) is 34.1. The van der Waals surface area contributed by atoms with Gasteiger partial charge in [-0.2, -0.15) is 0 Å². The van der Waals surface area contributed by atoms with Crippen LogP contribution in [0, 0.1) is 13.8 Å². The summed E-state index contributed by atoms with van der Waals surface area (Å²) < 4.78 is 11.0. The maximum absolute atomic E-state index is 11.7. The molecule has 0 bridgehead atoms. The number of esters is 1. The molecule has 0 spiro atoms. The second kappa shape index (κ2) is 25.1. The summed E-state index contributed by atoms with van der Waals surface area (Å²) in [5.41, 5.74) is 4.14. The van der Waals surface area contributed by atoms with Crippen molar-refractivity contribution in [1.29, 1.82) is 0 Å². The quantitative estimate of drug-likeness (QED) is 0.0766. The number of carbonyl (C=O) groups is 1. The minimum absolute atomic E-state index is 0.00283. The summed E-state index contributed by atoms with van der Waals surface area (Å²) in [4.78, 5) is 13.2. The molecule has 47 heavy (non-hydrogen) atoms. The van der Waals surface area contributed by atoms with Crippen LogP contribution in [0.3, 0.4) is 0 Å². The highest BCUT2D eigenvalue weighted by molar-refractivity contribution is 5.73. The number of methoxy groups -OCH3 is 1. The Hall–Kier alpha value is -2.93. The lowest BCUT2D eigenvalue weighted by molar-refractivity contribution is -0.143. The number of aryl methyl sites for hydroxylation is 2. The maximum atomic E-state index is 11.7. The van der Waals surface area contributed by atoms with Gasteiger partial charge < -0.3 is 14.6 Å². The van der Waals surface area contributed by atoms with Crippen molar-refractivity contribution in [3.05, 3.63) is 47.5 Å². The van der Waals surface area contributed by atoms with Gasteiger partial charge >= 0.3 is 5.97 Å². The van der Waals surface area contributed by atoms with Gasteiger partial charge in [0.25, 0.3) is 0 Å². The maximum Gasteiger partial charge on any atom is 0.305 e. The van der Waals surface area contributed by atoms with E-state index >= 15 is 0 Å². The highest BCUT2D eigenvalue weighted by atomic mass is 16.5. The molecule has 3 rings (SSSR count). The van der Waals surface area contributed by atoms with Crippen molar-refractivity contribution in [1.82, 2.24) is 15.0 Å².